The van der Waals surface area contributed by atoms with Crippen LogP contribution in [0.2, 0.25) is 4.34 Å². The standard InChI is InChI=1S/C13H17ClN2S/c14-11-10(16-12(15)17-11)13-4-7-1-8(5-13)3-9(2-7)6-13/h7-9H,1-6H2,(H2,15,16). The Bertz CT molecular complexity index is 433. The highest BCUT2D eigenvalue weighted by Crippen LogP contribution is 2.61. The van der Waals surface area contributed by atoms with Gasteiger partial charge in [-0.2, -0.15) is 0 Å². The number of halogens is 1. The maximum absolute atomic E-state index is 6.36. The third-order valence-electron chi connectivity index (χ3n) is 5.14. The zero-order valence-electron chi connectivity index (χ0n) is 9.79. The zero-order chi connectivity index (χ0) is 11.6. The highest BCUT2D eigenvalue weighted by Gasteiger charge is 2.53. The highest BCUT2D eigenvalue weighted by molar-refractivity contribution is 7.19. The van der Waals surface area contributed by atoms with Crippen LogP contribution < -0.4 is 5.73 Å². The molecule has 0 amide bonds. The molecule has 1 aromatic rings. The topological polar surface area (TPSA) is 38.9 Å². The second-order valence-corrected chi connectivity index (χ2v) is 8.01. The average molecular weight is 269 g/mol. The minimum atomic E-state index is 0.292. The van der Waals surface area contributed by atoms with E-state index in [-0.39, 0.29) is 0 Å². The minimum absolute atomic E-state index is 0.292. The van der Waals surface area contributed by atoms with E-state index in [2.05, 4.69) is 4.98 Å². The number of rotatable bonds is 1. The number of hydrogen-bond donors (Lipinski definition) is 1. The number of nitrogens with zero attached hydrogens (tertiary/aromatic N) is 1. The molecule has 4 saturated carbocycles. The Morgan fingerprint density at radius 3 is 2.06 bits per heavy atom. The Morgan fingerprint density at radius 2 is 1.65 bits per heavy atom. The fourth-order valence-corrected chi connectivity index (χ4v) is 6.20. The van der Waals surface area contributed by atoms with E-state index in [1.807, 2.05) is 0 Å². The first-order valence-corrected chi connectivity index (χ1v) is 7.76. The summed E-state index contributed by atoms with van der Waals surface area (Å²) in [6.45, 7) is 0. The fraction of sp³-hybridized carbons (Fsp3) is 0.769. The third kappa shape index (κ3) is 1.48. The Kier molecular flexibility index (Phi) is 2.12. The molecule has 2 N–H and O–H groups in total. The molecule has 0 atom stereocenters. The van der Waals surface area contributed by atoms with E-state index in [0.717, 1.165) is 27.8 Å². The molecular weight excluding hydrogens is 252 g/mol. The maximum Gasteiger partial charge on any atom is 0.181 e. The Labute approximate surface area is 111 Å². The Hall–Kier alpha value is -0.280. The first kappa shape index (κ1) is 10.6. The number of hydrogen-bond acceptors (Lipinski definition) is 3. The lowest BCUT2D eigenvalue weighted by Gasteiger charge is -2.56. The van der Waals surface area contributed by atoms with Crippen LogP contribution in [0, 0.1) is 17.8 Å². The first-order valence-electron chi connectivity index (χ1n) is 6.57. The monoisotopic (exact) mass is 268 g/mol. The quantitative estimate of drug-likeness (QED) is 0.840. The number of anilines is 1. The van der Waals surface area contributed by atoms with Crippen molar-refractivity contribution >= 4 is 28.1 Å². The van der Waals surface area contributed by atoms with Crippen LogP contribution in [0.1, 0.15) is 44.2 Å². The maximum atomic E-state index is 6.36. The molecule has 4 aliphatic carbocycles. The average Bonchev–Trinajstić information content (AvgIpc) is 2.56. The normalized spacial score (nSPS) is 43.2. The minimum Gasteiger partial charge on any atom is -0.375 e. The van der Waals surface area contributed by atoms with E-state index in [0.29, 0.717) is 10.5 Å². The van der Waals surface area contributed by atoms with Crippen molar-refractivity contribution in [3.05, 3.63) is 10.0 Å². The summed E-state index contributed by atoms with van der Waals surface area (Å²) >= 11 is 7.81. The van der Waals surface area contributed by atoms with E-state index in [1.54, 1.807) is 0 Å². The molecular formula is C13H17ClN2S. The van der Waals surface area contributed by atoms with Crippen molar-refractivity contribution in [2.75, 3.05) is 5.73 Å². The van der Waals surface area contributed by atoms with Gasteiger partial charge in [0.25, 0.3) is 0 Å². The molecule has 0 unspecified atom stereocenters. The van der Waals surface area contributed by atoms with Gasteiger partial charge in [-0.3, -0.25) is 0 Å². The van der Waals surface area contributed by atoms with Crippen molar-refractivity contribution in [2.24, 2.45) is 17.8 Å². The molecule has 2 nitrogen and oxygen atoms in total. The molecule has 17 heavy (non-hydrogen) atoms. The molecule has 0 aromatic carbocycles. The lowest BCUT2D eigenvalue weighted by molar-refractivity contribution is -0.00683. The number of nitrogen functional groups attached to an aromatic ring is 1. The van der Waals surface area contributed by atoms with Gasteiger partial charge in [0.05, 0.1) is 5.69 Å². The van der Waals surface area contributed by atoms with Crippen molar-refractivity contribution in [1.29, 1.82) is 0 Å². The van der Waals surface area contributed by atoms with E-state index in [4.69, 9.17) is 17.3 Å². The lowest BCUT2D eigenvalue weighted by atomic mass is 9.49. The van der Waals surface area contributed by atoms with E-state index in [9.17, 15) is 0 Å². The van der Waals surface area contributed by atoms with Gasteiger partial charge in [0.2, 0.25) is 0 Å². The fourth-order valence-electron chi connectivity index (χ4n) is 5.04. The van der Waals surface area contributed by atoms with Crippen LogP contribution in [0.25, 0.3) is 0 Å². The predicted octanol–water partition coefficient (Wildman–Crippen LogP) is 3.85. The lowest BCUT2D eigenvalue weighted by Crippen LogP contribution is -2.48. The second kappa shape index (κ2) is 3.39. The van der Waals surface area contributed by atoms with Crippen LogP contribution in [-0.4, -0.2) is 4.98 Å². The first-order chi connectivity index (χ1) is 8.14. The second-order valence-electron chi connectivity index (χ2n) is 6.37. The van der Waals surface area contributed by atoms with E-state index in [1.165, 1.54) is 49.9 Å². The molecule has 0 spiro atoms. The summed E-state index contributed by atoms with van der Waals surface area (Å²) in [7, 11) is 0. The van der Waals surface area contributed by atoms with Crippen molar-refractivity contribution in [1.82, 2.24) is 4.98 Å². The molecule has 1 aromatic heterocycles. The van der Waals surface area contributed by atoms with E-state index >= 15 is 0 Å². The summed E-state index contributed by atoms with van der Waals surface area (Å²) in [6, 6.07) is 0. The molecule has 0 saturated heterocycles. The van der Waals surface area contributed by atoms with Crippen molar-refractivity contribution < 1.29 is 0 Å². The molecule has 92 valence electrons. The Balaban J connectivity index is 1.79. The van der Waals surface area contributed by atoms with Crippen LogP contribution >= 0.6 is 22.9 Å². The molecule has 4 bridgehead atoms. The molecule has 4 heteroatoms. The highest BCUT2D eigenvalue weighted by atomic mass is 35.5. The summed E-state index contributed by atoms with van der Waals surface area (Å²) in [5, 5.41) is 0.640. The van der Waals surface area contributed by atoms with Gasteiger partial charge >= 0.3 is 0 Å². The molecule has 0 radical (unpaired) electrons. The van der Waals surface area contributed by atoms with Gasteiger partial charge in [-0.1, -0.05) is 22.9 Å². The molecule has 5 rings (SSSR count). The predicted molar refractivity (Wildman–Crippen MR) is 71.4 cm³/mol. The number of nitrogens with two attached hydrogens (primary N) is 1. The zero-order valence-corrected chi connectivity index (χ0v) is 11.4. The summed E-state index contributed by atoms with van der Waals surface area (Å²) in [4.78, 5) is 4.56. The molecule has 1 heterocycles. The van der Waals surface area contributed by atoms with Gasteiger partial charge in [0.15, 0.2) is 5.13 Å². The SMILES string of the molecule is Nc1nc(C23CC4CC(CC(C4)C2)C3)c(Cl)s1. The molecule has 0 aliphatic heterocycles. The summed E-state index contributed by atoms with van der Waals surface area (Å²) in [5.74, 6) is 2.79. The molecule has 4 aliphatic rings. The smallest absolute Gasteiger partial charge is 0.181 e. The van der Waals surface area contributed by atoms with Gasteiger partial charge in [-0.15, -0.1) is 0 Å². The largest absolute Gasteiger partial charge is 0.375 e. The van der Waals surface area contributed by atoms with Gasteiger partial charge in [0, 0.05) is 5.41 Å². The van der Waals surface area contributed by atoms with E-state index < -0.39 is 0 Å². The van der Waals surface area contributed by atoms with Crippen LogP contribution in [0.3, 0.4) is 0 Å². The summed E-state index contributed by atoms with van der Waals surface area (Å²) in [5.41, 5.74) is 7.25. The van der Waals surface area contributed by atoms with Crippen LogP contribution in [0.5, 0.6) is 0 Å². The van der Waals surface area contributed by atoms with Gasteiger partial charge in [-0.25, -0.2) is 4.98 Å². The molecule has 4 fully saturated rings. The summed E-state index contributed by atoms with van der Waals surface area (Å²) < 4.78 is 0.851. The van der Waals surface area contributed by atoms with Crippen molar-refractivity contribution in [2.45, 2.75) is 43.9 Å². The van der Waals surface area contributed by atoms with Crippen molar-refractivity contribution in [3.63, 3.8) is 0 Å². The number of thiazole rings is 1. The van der Waals surface area contributed by atoms with Crippen molar-refractivity contribution in [3.8, 4) is 0 Å². The third-order valence-corrected chi connectivity index (χ3v) is 6.23. The van der Waals surface area contributed by atoms with Crippen LogP contribution in [0.4, 0.5) is 5.13 Å². The van der Waals surface area contributed by atoms with Gasteiger partial charge in [0.1, 0.15) is 4.34 Å². The Morgan fingerprint density at radius 1 is 1.12 bits per heavy atom. The van der Waals surface area contributed by atoms with Gasteiger partial charge in [-0.05, 0) is 56.3 Å². The number of aromatic nitrogens is 1. The van der Waals surface area contributed by atoms with Crippen LogP contribution in [-0.2, 0) is 5.41 Å². The summed E-state index contributed by atoms with van der Waals surface area (Å²) in [6.07, 6.45) is 8.29. The van der Waals surface area contributed by atoms with Gasteiger partial charge < -0.3 is 5.73 Å². The van der Waals surface area contributed by atoms with Crippen LogP contribution in [0.15, 0.2) is 0 Å².